The van der Waals surface area contributed by atoms with Crippen LogP contribution in [0.15, 0.2) is 31.6 Å². The van der Waals surface area contributed by atoms with Crippen molar-refractivity contribution in [2.75, 3.05) is 5.32 Å². The zero-order valence-corrected chi connectivity index (χ0v) is 16.7. The zero-order chi connectivity index (χ0) is 14.2. The van der Waals surface area contributed by atoms with E-state index in [0.717, 1.165) is 24.7 Å². The van der Waals surface area contributed by atoms with Crippen molar-refractivity contribution in [1.82, 2.24) is 0 Å². The van der Waals surface area contributed by atoms with E-state index >= 15 is 0 Å². The van der Waals surface area contributed by atoms with Crippen molar-refractivity contribution < 1.29 is 0 Å². The Kier molecular flexibility index (Phi) is 5.66. The molecule has 0 spiro atoms. The molecule has 2 aromatic rings. The van der Waals surface area contributed by atoms with Crippen molar-refractivity contribution in [3.63, 3.8) is 0 Å². The van der Waals surface area contributed by atoms with Gasteiger partial charge in [0, 0.05) is 19.0 Å². The molecule has 7 heteroatoms. The summed E-state index contributed by atoms with van der Waals surface area (Å²) in [6, 6.07) is 5.93. The molecule has 1 heterocycles. The van der Waals surface area contributed by atoms with Crippen LogP contribution in [0, 0.1) is 0 Å². The summed E-state index contributed by atoms with van der Waals surface area (Å²) in [4.78, 5) is 0. The van der Waals surface area contributed by atoms with Crippen LogP contribution in [0.25, 0.3) is 0 Å². The molecule has 1 atom stereocenters. The van der Waals surface area contributed by atoms with Crippen molar-refractivity contribution in [2.45, 2.75) is 13.0 Å². The molecule has 1 aromatic heterocycles. The van der Waals surface area contributed by atoms with Crippen molar-refractivity contribution in [1.29, 1.82) is 0 Å². The minimum Gasteiger partial charge on any atom is -0.377 e. The fourth-order valence-corrected chi connectivity index (χ4v) is 5.76. The third kappa shape index (κ3) is 3.89. The Hall–Kier alpha value is 0.740. The second kappa shape index (κ2) is 6.67. The standard InChI is InChI=1S/C12H8Br3Cl2NS/c1-5(7-4-10(16)19-12(7)17)18-11-8(14)2-6(13)3-9(11)15/h2-5,18H,1H3. The van der Waals surface area contributed by atoms with E-state index in [1.807, 2.05) is 25.1 Å². The van der Waals surface area contributed by atoms with Gasteiger partial charge < -0.3 is 5.32 Å². The summed E-state index contributed by atoms with van der Waals surface area (Å²) >= 11 is 24.1. The van der Waals surface area contributed by atoms with Crippen LogP contribution in [0.4, 0.5) is 5.69 Å². The molecule has 0 aliphatic carbocycles. The number of hydrogen-bond donors (Lipinski definition) is 1. The number of hydrogen-bond acceptors (Lipinski definition) is 2. The van der Waals surface area contributed by atoms with Crippen molar-refractivity contribution in [2.24, 2.45) is 0 Å². The predicted molar refractivity (Wildman–Crippen MR) is 95.9 cm³/mol. The lowest BCUT2D eigenvalue weighted by atomic mass is 10.1. The first-order chi connectivity index (χ1) is 8.88. The summed E-state index contributed by atoms with van der Waals surface area (Å²) < 4.78 is 4.36. The van der Waals surface area contributed by atoms with Crippen LogP contribution in [0.2, 0.25) is 8.67 Å². The molecule has 1 N–H and O–H groups in total. The highest BCUT2D eigenvalue weighted by Gasteiger charge is 2.16. The number of benzene rings is 1. The van der Waals surface area contributed by atoms with Gasteiger partial charge in [-0.2, -0.15) is 0 Å². The molecule has 102 valence electrons. The van der Waals surface area contributed by atoms with E-state index in [0.29, 0.717) is 8.67 Å². The number of anilines is 1. The number of rotatable bonds is 3. The van der Waals surface area contributed by atoms with Crippen molar-refractivity contribution in [3.8, 4) is 0 Å². The predicted octanol–water partition coefficient (Wildman–Crippen LogP) is 7.52. The summed E-state index contributed by atoms with van der Waals surface area (Å²) in [5.41, 5.74) is 1.98. The molecule has 1 unspecified atom stereocenters. The Bertz CT molecular complexity index is 592. The van der Waals surface area contributed by atoms with Crippen LogP contribution >= 0.6 is 82.3 Å². The molecule has 1 aromatic carbocycles. The van der Waals surface area contributed by atoms with Crippen molar-refractivity contribution >= 4 is 88.0 Å². The molecule has 2 rings (SSSR count). The molecular formula is C12H8Br3Cl2NS. The minimum absolute atomic E-state index is 0.0602. The summed E-state index contributed by atoms with van der Waals surface area (Å²) in [6.45, 7) is 2.05. The topological polar surface area (TPSA) is 12.0 Å². The Morgan fingerprint density at radius 3 is 2.16 bits per heavy atom. The molecule has 0 aliphatic heterocycles. The molecule has 0 bridgehead atoms. The summed E-state index contributed by atoms with van der Waals surface area (Å²) in [6.07, 6.45) is 0. The van der Waals surface area contributed by atoms with Crippen LogP contribution in [0.5, 0.6) is 0 Å². The first-order valence-electron chi connectivity index (χ1n) is 5.24. The third-order valence-electron chi connectivity index (χ3n) is 2.52. The second-order valence-electron chi connectivity index (χ2n) is 3.89. The first kappa shape index (κ1) is 16.1. The van der Waals surface area contributed by atoms with Gasteiger partial charge in [-0.25, -0.2) is 0 Å². The minimum atomic E-state index is 0.0602. The molecule has 0 fully saturated rings. The van der Waals surface area contributed by atoms with E-state index in [4.69, 9.17) is 23.2 Å². The molecule has 0 aliphatic rings. The van der Waals surface area contributed by atoms with Crippen LogP contribution < -0.4 is 5.32 Å². The lowest BCUT2D eigenvalue weighted by Crippen LogP contribution is -2.07. The molecule has 1 nitrogen and oxygen atoms in total. The average molecular weight is 509 g/mol. The van der Waals surface area contributed by atoms with Gasteiger partial charge in [0.1, 0.15) is 0 Å². The highest BCUT2D eigenvalue weighted by atomic mass is 79.9. The van der Waals surface area contributed by atoms with Crippen LogP contribution in [0.1, 0.15) is 18.5 Å². The zero-order valence-electron chi connectivity index (χ0n) is 9.61. The van der Waals surface area contributed by atoms with Gasteiger partial charge in [0.2, 0.25) is 0 Å². The Morgan fingerprint density at radius 2 is 1.68 bits per heavy atom. The van der Waals surface area contributed by atoms with E-state index in [2.05, 4.69) is 53.1 Å². The van der Waals surface area contributed by atoms with Crippen molar-refractivity contribution in [3.05, 3.63) is 45.9 Å². The van der Waals surface area contributed by atoms with E-state index < -0.39 is 0 Å². The van der Waals surface area contributed by atoms with Gasteiger partial charge in [0.25, 0.3) is 0 Å². The summed E-state index contributed by atoms with van der Waals surface area (Å²) in [5.74, 6) is 0. The number of thiophene rings is 1. The van der Waals surface area contributed by atoms with E-state index in [1.54, 1.807) is 0 Å². The Labute approximate surface area is 151 Å². The molecule has 19 heavy (non-hydrogen) atoms. The van der Waals surface area contributed by atoms with Crippen LogP contribution in [-0.2, 0) is 0 Å². The largest absolute Gasteiger partial charge is 0.377 e. The summed E-state index contributed by atoms with van der Waals surface area (Å²) in [7, 11) is 0. The normalized spacial score (nSPS) is 12.5. The monoisotopic (exact) mass is 505 g/mol. The molecular weight excluding hydrogens is 501 g/mol. The highest BCUT2D eigenvalue weighted by Crippen LogP contribution is 2.40. The quantitative estimate of drug-likeness (QED) is 0.452. The maximum absolute atomic E-state index is 6.17. The van der Waals surface area contributed by atoms with Gasteiger partial charge in [-0.05, 0) is 57.0 Å². The van der Waals surface area contributed by atoms with Gasteiger partial charge in [0.15, 0.2) is 0 Å². The molecule has 0 radical (unpaired) electrons. The van der Waals surface area contributed by atoms with Gasteiger partial charge >= 0.3 is 0 Å². The van der Waals surface area contributed by atoms with E-state index in [9.17, 15) is 0 Å². The number of halogens is 5. The molecule has 0 saturated heterocycles. The molecule has 0 saturated carbocycles. The maximum Gasteiger partial charge on any atom is 0.0996 e. The fraction of sp³-hybridized carbons (Fsp3) is 0.167. The lowest BCUT2D eigenvalue weighted by Gasteiger charge is -2.17. The van der Waals surface area contributed by atoms with Gasteiger partial charge in [-0.15, -0.1) is 11.3 Å². The smallest absolute Gasteiger partial charge is 0.0996 e. The highest BCUT2D eigenvalue weighted by molar-refractivity contribution is 9.11. The van der Waals surface area contributed by atoms with Gasteiger partial charge in [0.05, 0.1) is 20.4 Å². The van der Waals surface area contributed by atoms with Gasteiger partial charge in [-0.1, -0.05) is 39.1 Å². The van der Waals surface area contributed by atoms with E-state index in [-0.39, 0.29) is 6.04 Å². The number of nitrogens with one attached hydrogen (secondary N) is 1. The average Bonchev–Trinajstić information content (AvgIpc) is 2.62. The van der Waals surface area contributed by atoms with Crippen LogP contribution in [0.3, 0.4) is 0 Å². The lowest BCUT2D eigenvalue weighted by molar-refractivity contribution is 0.888. The summed E-state index contributed by atoms with van der Waals surface area (Å²) in [5, 5.41) is 3.43. The SMILES string of the molecule is CC(Nc1c(Br)cc(Br)cc1Br)c1cc(Cl)sc1Cl. The molecule has 0 amide bonds. The second-order valence-corrected chi connectivity index (χ2v) is 8.80. The first-order valence-corrected chi connectivity index (χ1v) is 9.19. The van der Waals surface area contributed by atoms with E-state index in [1.165, 1.54) is 11.3 Å². The Balaban J connectivity index is 2.29. The Morgan fingerprint density at radius 1 is 1.11 bits per heavy atom. The fourth-order valence-electron chi connectivity index (χ4n) is 1.62. The van der Waals surface area contributed by atoms with Crippen LogP contribution in [-0.4, -0.2) is 0 Å². The maximum atomic E-state index is 6.17. The third-order valence-corrected chi connectivity index (χ3v) is 5.74. The van der Waals surface area contributed by atoms with Gasteiger partial charge in [-0.3, -0.25) is 0 Å².